The first-order valence-corrected chi connectivity index (χ1v) is 4.99. The van der Waals surface area contributed by atoms with Crippen LogP contribution >= 0.6 is 0 Å². The monoisotopic (exact) mass is 187 g/mol. The predicted molar refractivity (Wildman–Crippen MR) is 52.8 cm³/mol. The van der Waals surface area contributed by atoms with Crippen molar-refractivity contribution in [1.29, 1.82) is 0 Å². The van der Waals surface area contributed by atoms with Crippen LogP contribution in [0.25, 0.3) is 0 Å². The van der Waals surface area contributed by atoms with E-state index < -0.39 is 0 Å². The van der Waals surface area contributed by atoms with E-state index in [1.807, 2.05) is 0 Å². The molecular formula is C10H21NO2. The lowest BCUT2D eigenvalue weighted by molar-refractivity contribution is 0.00823. The van der Waals surface area contributed by atoms with Crippen LogP contribution < -0.4 is 0 Å². The van der Waals surface area contributed by atoms with Crippen molar-refractivity contribution < 1.29 is 9.84 Å². The number of nitrogens with zero attached hydrogens (tertiary/aromatic N) is 1. The minimum atomic E-state index is -0.106. The number of methoxy groups -OCH3 is 1. The highest BCUT2D eigenvalue weighted by atomic mass is 16.5. The average Bonchev–Trinajstić information content (AvgIpc) is 2.48. The number of ether oxygens (including phenoxy) is 1. The molecule has 0 bridgehead atoms. The molecule has 3 heteroatoms. The van der Waals surface area contributed by atoms with Crippen molar-refractivity contribution >= 4 is 0 Å². The number of aliphatic hydroxyl groups is 1. The fourth-order valence-electron chi connectivity index (χ4n) is 1.54. The summed E-state index contributed by atoms with van der Waals surface area (Å²) < 4.78 is 5.34. The third-order valence-electron chi connectivity index (χ3n) is 2.83. The highest BCUT2D eigenvalue weighted by molar-refractivity contribution is 4.77. The molecule has 78 valence electrons. The Balaban J connectivity index is 2.19. The lowest BCUT2D eigenvalue weighted by Gasteiger charge is -2.25. The van der Waals surface area contributed by atoms with E-state index in [-0.39, 0.29) is 11.7 Å². The van der Waals surface area contributed by atoms with Gasteiger partial charge in [0.15, 0.2) is 0 Å². The molecule has 0 radical (unpaired) electrons. The predicted octanol–water partition coefficient (Wildman–Crippen LogP) is 0.868. The zero-order valence-corrected chi connectivity index (χ0v) is 8.92. The topological polar surface area (TPSA) is 32.7 Å². The molecule has 1 fully saturated rings. The molecule has 0 aromatic heterocycles. The van der Waals surface area contributed by atoms with Crippen molar-refractivity contribution in [2.75, 3.05) is 26.7 Å². The summed E-state index contributed by atoms with van der Waals surface area (Å²) in [7, 11) is 1.75. The molecule has 1 unspecified atom stereocenters. The zero-order chi connectivity index (χ0) is 9.90. The Morgan fingerprint density at radius 3 is 2.69 bits per heavy atom. The molecule has 1 saturated heterocycles. The lowest BCUT2D eigenvalue weighted by atomic mass is 10.1. The van der Waals surface area contributed by atoms with Gasteiger partial charge in [0.2, 0.25) is 0 Å². The van der Waals surface area contributed by atoms with Gasteiger partial charge in [0.25, 0.3) is 0 Å². The van der Waals surface area contributed by atoms with Crippen LogP contribution in [0.5, 0.6) is 0 Å². The molecule has 0 aliphatic carbocycles. The highest BCUT2D eigenvalue weighted by Crippen LogP contribution is 2.16. The minimum Gasteiger partial charge on any atom is -0.392 e. The van der Waals surface area contributed by atoms with Gasteiger partial charge < -0.3 is 14.7 Å². The second-order valence-corrected chi connectivity index (χ2v) is 4.46. The number of likely N-dealkylation sites (tertiary alicyclic amines) is 1. The number of hydrogen-bond acceptors (Lipinski definition) is 3. The van der Waals surface area contributed by atoms with Crippen molar-refractivity contribution in [1.82, 2.24) is 4.90 Å². The van der Waals surface area contributed by atoms with Gasteiger partial charge in [-0.05, 0) is 26.7 Å². The molecule has 1 N–H and O–H groups in total. The second-order valence-electron chi connectivity index (χ2n) is 4.46. The second kappa shape index (κ2) is 4.40. The van der Waals surface area contributed by atoms with Crippen molar-refractivity contribution in [3.05, 3.63) is 0 Å². The van der Waals surface area contributed by atoms with E-state index in [4.69, 9.17) is 4.74 Å². The maximum absolute atomic E-state index is 9.31. The normalized spacial score (nSPS) is 25.4. The fourth-order valence-corrected chi connectivity index (χ4v) is 1.54. The van der Waals surface area contributed by atoms with Crippen LogP contribution in [0, 0.1) is 0 Å². The molecule has 1 aliphatic rings. The molecule has 0 aromatic rings. The molecule has 0 saturated carbocycles. The van der Waals surface area contributed by atoms with Crippen LogP contribution in [-0.4, -0.2) is 48.5 Å². The van der Waals surface area contributed by atoms with Crippen LogP contribution in [0.4, 0.5) is 0 Å². The number of β-amino-alcohol motifs (C(OH)–C–C–N with tert-alkyl or cyclic N) is 1. The van der Waals surface area contributed by atoms with Gasteiger partial charge in [0, 0.05) is 26.7 Å². The van der Waals surface area contributed by atoms with Gasteiger partial charge in [0.1, 0.15) is 0 Å². The zero-order valence-electron chi connectivity index (χ0n) is 8.92. The first kappa shape index (κ1) is 11.0. The van der Waals surface area contributed by atoms with Gasteiger partial charge in [-0.1, -0.05) is 0 Å². The van der Waals surface area contributed by atoms with Crippen LogP contribution in [0.3, 0.4) is 0 Å². The Hall–Kier alpha value is -0.120. The molecule has 0 spiro atoms. The largest absolute Gasteiger partial charge is 0.392 e. The highest BCUT2D eigenvalue weighted by Gasteiger charge is 2.23. The summed E-state index contributed by atoms with van der Waals surface area (Å²) in [5, 5.41) is 9.31. The van der Waals surface area contributed by atoms with Crippen LogP contribution in [0.2, 0.25) is 0 Å². The summed E-state index contributed by atoms with van der Waals surface area (Å²) in [4.78, 5) is 2.30. The molecular weight excluding hydrogens is 166 g/mol. The third kappa shape index (κ3) is 3.63. The van der Waals surface area contributed by atoms with Gasteiger partial charge in [-0.25, -0.2) is 0 Å². The summed E-state index contributed by atoms with van der Waals surface area (Å²) in [5.41, 5.74) is -0.0342. The van der Waals surface area contributed by atoms with Gasteiger partial charge in [-0.2, -0.15) is 0 Å². The van der Waals surface area contributed by atoms with E-state index in [9.17, 15) is 5.11 Å². The molecule has 1 heterocycles. The molecule has 1 aliphatic heterocycles. The average molecular weight is 187 g/mol. The van der Waals surface area contributed by atoms with E-state index in [2.05, 4.69) is 18.7 Å². The van der Waals surface area contributed by atoms with E-state index in [1.54, 1.807) is 7.11 Å². The molecule has 0 amide bonds. The molecule has 1 rings (SSSR count). The summed E-state index contributed by atoms with van der Waals surface area (Å²) in [6.07, 6.45) is 1.84. The maximum Gasteiger partial charge on any atom is 0.0679 e. The molecule has 0 aromatic carbocycles. The lowest BCUT2D eigenvalue weighted by Crippen LogP contribution is -2.31. The van der Waals surface area contributed by atoms with Crippen LogP contribution in [0.15, 0.2) is 0 Å². The standard InChI is InChI=1S/C10H21NO2/c1-10(2,13-3)5-7-11-6-4-9(12)8-11/h9,12H,4-8H2,1-3H3. The number of rotatable bonds is 4. The quantitative estimate of drug-likeness (QED) is 0.709. The Kier molecular flexibility index (Phi) is 3.71. The van der Waals surface area contributed by atoms with E-state index in [0.29, 0.717) is 0 Å². The molecule has 13 heavy (non-hydrogen) atoms. The smallest absolute Gasteiger partial charge is 0.0679 e. The Morgan fingerprint density at radius 2 is 2.23 bits per heavy atom. The summed E-state index contributed by atoms with van der Waals surface area (Å²) in [6, 6.07) is 0. The minimum absolute atomic E-state index is 0.0342. The fraction of sp³-hybridized carbons (Fsp3) is 1.00. The van der Waals surface area contributed by atoms with Gasteiger partial charge >= 0.3 is 0 Å². The van der Waals surface area contributed by atoms with Gasteiger partial charge in [-0.15, -0.1) is 0 Å². The van der Waals surface area contributed by atoms with E-state index in [0.717, 1.165) is 32.5 Å². The van der Waals surface area contributed by atoms with Gasteiger partial charge in [0.05, 0.1) is 11.7 Å². The van der Waals surface area contributed by atoms with Crippen LogP contribution in [0.1, 0.15) is 26.7 Å². The number of aliphatic hydroxyl groups excluding tert-OH is 1. The Morgan fingerprint density at radius 1 is 1.54 bits per heavy atom. The van der Waals surface area contributed by atoms with Gasteiger partial charge in [-0.3, -0.25) is 0 Å². The van der Waals surface area contributed by atoms with Crippen LogP contribution in [-0.2, 0) is 4.74 Å². The van der Waals surface area contributed by atoms with Crippen molar-refractivity contribution in [3.8, 4) is 0 Å². The maximum atomic E-state index is 9.31. The SMILES string of the molecule is COC(C)(C)CCN1CCC(O)C1. The molecule has 3 nitrogen and oxygen atoms in total. The molecule has 1 atom stereocenters. The first-order chi connectivity index (χ1) is 6.03. The van der Waals surface area contributed by atoms with E-state index in [1.165, 1.54) is 0 Å². The summed E-state index contributed by atoms with van der Waals surface area (Å²) in [6.45, 7) is 7.08. The number of hydrogen-bond donors (Lipinski definition) is 1. The first-order valence-electron chi connectivity index (χ1n) is 4.99. The third-order valence-corrected chi connectivity index (χ3v) is 2.83. The van der Waals surface area contributed by atoms with E-state index >= 15 is 0 Å². The Bertz CT molecular complexity index is 159. The van der Waals surface area contributed by atoms with Crippen molar-refractivity contribution in [3.63, 3.8) is 0 Å². The van der Waals surface area contributed by atoms with Crippen molar-refractivity contribution in [2.24, 2.45) is 0 Å². The van der Waals surface area contributed by atoms with Crippen molar-refractivity contribution in [2.45, 2.75) is 38.4 Å². The summed E-state index contributed by atoms with van der Waals surface area (Å²) in [5.74, 6) is 0. The Labute approximate surface area is 80.7 Å². The summed E-state index contributed by atoms with van der Waals surface area (Å²) >= 11 is 0.